The van der Waals surface area contributed by atoms with Crippen LogP contribution in [0.4, 0.5) is 0 Å². The van der Waals surface area contributed by atoms with Gasteiger partial charge in [-0.2, -0.15) is 0 Å². The van der Waals surface area contributed by atoms with Gasteiger partial charge in [0.05, 0.1) is 0 Å². The molecule has 0 aliphatic heterocycles. The van der Waals surface area contributed by atoms with Gasteiger partial charge in [-0.05, 0) is 32.8 Å². The van der Waals surface area contributed by atoms with E-state index in [0.717, 1.165) is 17.3 Å². The number of pyridine rings is 1. The maximum Gasteiger partial charge on any atom is 0.107 e. The van der Waals surface area contributed by atoms with Gasteiger partial charge in [0.1, 0.15) is 5.03 Å². The largest absolute Gasteiger partial charge is 0.330 e. The molecule has 2 N–H and O–H groups in total. The average Bonchev–Trinajstić information content (AvgIpc) is 2.14. The Bertz CT molecular complexity index is 205. The van der Waals surface area contributed by atoms with E-state index >= 15 is 0 Å². The van der Waals surface area contributed by atoms with Crippen LogP contribution in [0.3, 0.4) is 0 Å². The molecule has 0 saturated heterocycles. The second-order valence-corrected chi connectivity index (χ2v) is 6.14. The highest BCUT2D eigenvalue weighted by molar-refractivity contribution is 9.09. The van der Waals surface area contributed by atoms with Crippen LogP contribution in [-0.4, -0.2) is 17.3 Å². The Morgan fingerprint density at radius 1 is 1.42 bits per heavy atom. The highest BCUT2D eigenvalue weighted by atomic mass is 33.5. The van der Waals surface area contributed by atoms with Crippen LogP contribution in [0, 0.1) is 0 Å². The van der Waals surface area contributed by atoms with Crippen LogP contribution >= 0.6 is 31.4 Å². The van der Waals surface area contributed by atoms with E-state index in [1.165, 1.54) is 0 Å². The Balaban J connectivity index is 2.16. The minimum atomic E-state index is 0.737. The normalized spacial score (nSPS) is 10.1. The smallest absolute Gasteiger partial charge is 0.107 e. The standard InChI is InChI=1S/C7H10N2S3/c8-4-6-10-12-11-7-3-1-2-5-9-7/h1-3,5H,4,6,8H2. The van der Waals surface area contributed by atoms with E-state index in [9.17, 15) is 0 Å². The van der Waals surface area contributed by atoms with Crippen LogP contribution in [0.2, 0.25) is 0 Å². The Morgan fingerprint density at radius 3 is 3.00 bits per heavy atom. The summed E-state index contributed by atoms with van der Waals surface area (Å²) in [5.41, 5.74) is 5.35. The molecule has 1 aromatic heterocycles. The van der Waals surface area contributed by atoms with Gasteiger partial charge in [0.2, 0.25) is 0 Å². The zero-order valence-corrected chi connectivity index (χ0v) is 8.92. The second-order valence-electron chi connectivity index (χ2n) is 1.93. The van der Waals surface area contributed by atoms with E-state index in [0.29, 0.717) is 0 Å². The number of rotatable bonds is 5. The summed E-state index contributed by atoms with van der Waals surface area (Å²) in [5.74, 6) is 0.991. The monoisotopic (exact) mass is 218 g/mol. The van der Waals surface area contributed by atoms with Gasteiger partial charge in [-0.3, -0.25) is 0 Å². The summed E-state index contributed by atoms with van der Waals surface area (Å²) in [6, 6.07) is 5.91. The summed E-state index contributed by atoms with van der Waals surface area (Å²) in [7, 11) is 5.16. The predicted octanol–water partition coefficient (Wildman–Crippen LogP) is 2.43. The Hall–Kier alpha value is 0.160. The first kappa shape index (κ1) is 10.2. The molecule has 1 rings (SSSR count). The number of hydrogen-bond donors (Lipinski definition) is 1. The minimum Gasteiger partial charge on any atom is -0.330 e. The molecule has 0 fully saturated rings. The molecular weight excluding hydrogens is 208 g/mol. The van der Waals surface area contributed by atoms with Crippen molar-refractivity contribution in [2.75, 3.05) is 12.3 Å². The fraction of sp³-hybridized carbons (Fsp3) is 0.286. The van der Waals surface area contributed by atoms with Gasteiger partial charge in [-0.1, -0.05) is 16.9 Å². The van der Waals surface area contributed by atoms with Crippen molar-refractivity contribution in [2.45, 2.75) is 5.03 Å². The fourth-order valence-corrected chi connectivity index (χ4v) is 3.87. The van der Waals surface area contributed by atoms with Crippen LogP contribution in [0.5, 0.6) is 0 Å². The molecular formula is C7H10N2S3. The molecule has 66 valence electrons. The van der Waals surface area contributed by atoms with Gasteiger partial charge < -0.3 is 5.73 Å². The molecule has 0 atom stereocenters. The van der Waals surface area contributed by atoms with E-state index in [1.54, 1.807) is 37.6 Å². The summed E-state index contributed by atoms with van der Waals surface area (Å²) < 4.78 is 0. The fourth-order valence-electron chi connectivity index (χ4n) is 0.537. The second kappa shape index (κ2) is 6.65. The van der Waals surface area contributed by atoms with Crippen molar-refractivity contribution in [2.24, 2.45) is 5.73 Å². The van der Waals surface area contributed by atoms with Crippen LogP contribution in [-0.2, 0) is 0 Å². The summed E-state index contributed by atoms with van der Waals surface area (Å²) >= 11 is 0. The Kier molecular flexibility index (Phi) is 5.68. The molecule has 1 aromatic rings. The van der Waals surface area contributed by atoms with E-state index in [-0.39, 0.29) is 0 Å². The lowest BCUT2D eigenvalue weighted by molar-refractivity contribution is 1.14. The zero-order valence-electron chi connectivity index (χ0n) is 6.47. The maximum absolute atomic E-state index is 5.35. The summed E-state index contributed by atoms with van der Waals surface area (Å²) in [5, 5.41) is 1.05. The van der Waals surface area contributed by atoms with Crippen molar-refractivity contribution >= 4 is 31.4 Å². The van der Waals surface area contributed by atoms with Crippen molar-refractivity contribution in [1.29, 1.82) is 0 Å². The van der Waals surface area contributed by atoms with Crippen LogP contribution in [0.25, 0.3) is 0 Å². The first-order chi connectivity index (χ1) is 5.93. The summed E-state index contributed by atoms with van der Waals surface area (Å²) in [6.07, 6.45) is 1.80. The molecule has 0 aliphatic rings. The van der Waals surface area contributed by atoms with Crippen molar-refractivity contribution in [3.05, 3.63) is 24.4 Å². The van der Waals surface area contributed by atoms with Gasteiger partial charge in [-0.15, -0.1) is 0 Å². The average molecular weight is 218 g/mol. The Labute approximate surface area is 83.9 Å². The van der Waals surface area contributed by atoms with E-state index in [1.807, 2.05) is 18.2 Å². The van der Waals surface area contributed by atoms with Gasteiger partial charge in [0, 0.05) is 18.5 Å². The molecule has 1 heterocycles. The lowest BCUT2D eigenvalue weighted by Gasteiger charge is -1.96. The number of nitrogens with two attached hydrogens (primary N) is 1. The van der Waals surface area contributed by atoms with Crippen LogP contribution < -0.4 is 5.73 Å². The van der Waals surface area contributed by atoms with Gasteiger partial charge in [0.25, 0.3) is 0 Å². The van der Waals surface area contributed by atoms with Crippen molar-refractivity contribution < 1.29 is 0 Å². The first-order valence-corrected chi connectivity index (χ1v) is 7.16. The Morgan fingerprint density at radius 2 is 2.33 bits per heavy atom. The molecule has 12 heavy (non-hydrogen) atoms. The molecule has 5 heteroatoms. The third kappa shape index (κ3) is 4.25. The number of aromatic nitrogens is 1. The number of hydrogen-bond acceptors (Lipinski definition) is 5. The van der Waals surface area contributed by atoms with Crippen molar-refractivity contribution in [1.82, 2.24) is 4.98 Å². The molecule has 0 aromatic carbocycles. The lowest BCUT2D eigenvalue weighted by atomic mass is 10.5. The predicted molar refractivity (Wildman–Crippen MR) is 59.2 cm³/mol. The van der Waals surface area contributed by atoms with E-state index in [4.69, 9.17) is 5.73 Å². The SMILES string of the molecule is NCCSSSc1ccccn1. The zero-order chi connectivity index (χ0) is 8.65. The third-order valence-corrected chi connectivity index (χ3v) is 4.97. The summed E-state index contributed by atoms with van der Waals surface area (Å²) in [4.78, 5) is 4.17. The highest BCUT2D eigenvalue weighted by Crippen LogP contribution is 2.38. The van der Waals surface area contributed by atoms with E-state index in [2.05, 4.69) is 4.98 Å². The summed E-state index contributed by atoms with van der Waals surface area (Å²) in [6.45, 7) is 0.737. The minimum absolute atomic E-state index is 0.737. The molecule has 0 spiro atoms. The topological polar surface area (TPSA) is 38.9 Å². The maximum atomic E-state index is 5.35. The molecule has 0 aliphatic carbocycles. The van der Waals surface area contributed by atoms with Crippen molar-refractivity contribution in [3.8, 4) is 0 Å². The van der Waals surface area contributed by atoms with Gasteiger partial charge in [0.15, 0.2) is 0 Å². The highest BCUT2D eigenvalue weighted by Gasteiger charge is 1.93. The van der Waals surface area contributed by atoms with Crippen molar-refractivity contribution in [3.63, 3.8) is 0 Å². The number of nitrogens with zero attached hydrogens (tertiary/aromatic N) is 1. The van der Waals surface area contributed by atoms with Crippen LogP contribution in [0.15, 0.2) is 29.4 Å². The van der Waals surface area contributed by atoms with Gasteiger partial charge >= 0.3 is 0 Å². The molecule has 0 saturated carbocycles. The molecule has 0 amide bonds. The molecule has 2 nitrogen and oxygen atoms in total. The molecule has 0 radical (unpaired) electrons. The quantitative estimate of drug-likeness (QED) is 0.607. The first-order valence-electron chi connectivity index (χ1n) is 3.50. The lowest BCUT2D eigenvalue weighted by Crippen LogP contribution is -1.99. The molecule has 0 unspecified atom stereocenters. The van der Waals surface area contributed by atoms with E-state index < -0.39 is 0 Å². The molecule has 0 bridgehead atoms. The van der Waals surface area contributed by atoms with Gasteiger partial charge in [-0.25, -0.2) is 4.98 Å². The third-order valence-electron chi connectivity index (χ3n) is 1.01. The van der Waals surface area contributed by atoms with Crippen LogP contribution in [0.1, 0.15) is 0 Å².